The number of halogens is 1. The molecule has 1 aliphatic carbocycles. The van der Waals surface area contributed by atoms with E-state index in [2.05, 4.69) is 6.58 Å². The van der Waals surface area contributed by atoms with Crippen LogP contribution in [0.3, 0.4) is 0 Å². The SMILES string of the molecule is C=CCOC(=O)CCC/C=C\C[C@H]1C(=O)C[C@@H](O)[C@@H]1/C=C/C(O)CCc1sc2ccccc2c1Cl. The van der Waals surface area contributed by atoms with Crippen LogP contribution in [-0.4, -0.2) is 40.8 Å². The first-order valence-corrected chi connectivity index (χ1v) is 13.2. The number of ether oxygens (including phenoxy) is 1. The maximum Gasteiger partial charge on any atom is 0.306 e. The molecule has 35 heavy (non-hydrogen) atoms. The second-order valence-corrected chi connectivity index (χ2v) is 10.3. The van der Waals surface area contributed by atoms with E-state index < -0.39 is 12.2 Å². The third kappa shape index (κ3) is 7.87. The number of aryl methyl sites for hydroxylation is 1. The number of hydrogen-bond acceptors (Lipinski definition) is 6. The first kappa shape index (κ1) is 27.3. The lowest BCUT2D eigenvalue weighted by atomic mass is 9.90. The van der Waals surface area contributed by atoms with Gasteiger partial charge in [0.1, 0.15) is 12.4 Å². The summed E-state index contributed by atoms with van der Waals surface area (Å²) in [5, 5.41) is 22.7. The summed E-state index contributed by atoms with van der Waals surface area (Å²) in [4.78, 5) is 24.9. The number of carbonyl (C=O) groups excluding carboxylic acids is 2. The predicted octanol–water partition coefficient (Wildman–Crippen LogP) is 5.82. The van der Waals surface area contributed by atoms with E-state index in [9.17, 15) is 19.8 Å². The van der Waals surface area contributed by atoms with E-state index in [1.54, 1.807) is 23.5 Å². The number of allylic oxidation sites excluding steroid dienone is 2. The molecule has 1 aromatic carbocycles. The zero-order valence-electron chi connectivity index (χ0n) is 19.8. The van der Waals surface area contributed by atoms with Crippen LogP contribution in [0.2, 0.25) is 5.02 Å². The van der Waals surface area contributed by atoms with Gasteiger partial charge in [-0.15, -0.1) is 11.3 Å². The van der Waals surface area contributed by atoms with E-state index in [1.807, 2.05) is 36.4 Å². The number of ketones is 1. The summed E-state index contributed by atoms with van der Waals surface area (Å²) in [6.07, 6.45) is 11.1. The number of Topliss-reactive ketones (excluding diaryl/α,β-unsaturated/α-hetero) is 1. The van der Waals surface area contributed by atoms with Crippen LogP contribution in [0.1, 0.15) is 43.4 Å². The number of benzene rings is 1. The molecule has 1 fully saturated rings. The lowest BCUT2D eigenvalue weighted by Crippen LogP contribution is -2.19. The Labute approximate surface area is 215 Å². The highest BCUT2D eigenvalue weighted by Crippen LogP contribution is 2.36. The van der Waals surface area contributed by atoms with Crippen LogP contribution in [0.15, 0.2) is 61.2 Å². The summed E-state index contributed by atoms with van der Waals surface area (Å²) < 4.78 is 6.07. The molecule has 1 heterocycles. The van der Waals surface area contributed by atoms with Crippen molar-refractivity contribution < 1.29 is 24.5 Å². The Morgan fingerprint density at radius 1 is 1.31 bits per heavy atom. The second-order valence-electron chi connectivity index (χ2n) is 8.82. The molecule has 2 N–H and O–H groups in total. The molecule has 0 radical (unpaired) electrons. The molecule has 7 heteroatoms. The molecular formula is C28H33ClO5S. The Kier molecular flexibility index (Phi) is 10.7. The van der Waals surface area contributed by atoms with Gasteiger partial charge in [0.2, 0.25) is 0 Å². The van der Waals surface area contributed by atoms with E-state index in [4.69, 9.17) is 16.3 Å². The van der Waals surface area contributed by atoms with Crippen LogP contribution < -0.4 is 0 Å². The molecule has 0 saturated heterocycles. The fourth-order valence-electron chi connectivity index (χ4n) is 4.33. The summed E-state index contributed by atoms with van der Waals surface area (Å²) >= 11 is 8.14. The molecule has 0 amide bonds. The fraction of sp³-hybridized carbons (Fsp3) is 0.429. The fourth-order valence-corrected chi connectivity index (χ4v) is 5.88. The van der Waals surface area contributed by atoms with Crippen molar-refractivity contribution in [3.8, 4) is 0 Å². The number of aliphatic hydroxyl groups excluding tert-OH is 2. The van der Waals surface area contributed by atoms with Crippen LogP contribution >= 0.6 is 22.9 Å². The second kappa shape index (κ2) is 13.7. The standard InChI is InChI=1S/C28H33ClO5S/c1-2-17-34-27(33)12-6-4-3-5-9-20-21(24(32)18-23(20)31)15-13-19(30)14-16-26-28(29)22-10-7-8-11-25(22)35-26/h2-3,5,7-8,10-11,13,15,19-21,24,30,32H,1,4,6,9,12,14,16-18H2/b5-3-,15-13+/t19?,20-,21-,24-/m1/s1. The third-order valence-electron chi connectivity index (χ3n) is 6.23. The number of hydrogen-bond donors (Lipinski definition) is 2. The van der Waals surface area contributed by atoms with Crippen molar-refractivity contribution in [3.63, 3.8) is 0 Å². The van der Waals surface area contributed by atoms with Crippen molar-refractivity contribution in [2.75, 3.05) is 6.61 Å². The summed E-state index contributed by atoms with van der Waals surface area (Å²) in [6, 6.07) is 7.98. The first-order valence-electron chi connectivity index (χ1n) is 12.0. The Hall–Kier alpha value is -2.25. The number of carbonyl (C=O) groups is 2. The van der Waals surface area contributed by atoms with Crippen LogP contribution in [0, 0.1) is 11.8 Å². The molecule has 5 nitrogen and oxygen atoms in total. The Balaban J connectivity index is 1.47. The molecule has 0 bridgehead atoms. The monoisotopic (exact) mass is 516 g/mol. The lowest BCUT2D eigenvalue weighted by Gasteiger charge is -2.16. The normalized spacial score (nSPS) is 21.3. The number of unbranched alkanes of at least 4 members (excludes halogenated alkanes) is 1. The highest BCUT2D eigenvalue weighted by molar-refractivity contribution is 7.19. The Morgan fingerprint density at radius 3 is 2.89 bits per heavy atom. The number of fused-ring (bicyclic) bond motifs is 1. The first-order chi connectivity index (χ1) is 16.9. The maximum absolute atomic E-state index is 12.4. The van der Waals surface area contributed by atoms with Crippen molar-refractivity contribution in [2.45, 2.75) is 57.2 Å². The van der Waals surface area contributed by atoms with Crippen LogP contribution in [0.5, 0.6) is 0 Å². The summed E-state index contributed by atoms with van der Waals surface area (Å²) in [5.74, 6) is -0.829. The van der Waals surface area contributed by atoms with Gasteiger partial charge in [0.25, 0.3) is 0 Å². The molecule has 3 rings (SSSR count). The van der Waals surface area contributed by atoms with Crippen molar-refractivity contribution in [3.05, 3.63) is 71.1 Å². The van der Waals surface area contributed by atoms with Gasteiger partial charge < -0.3 is 14.9 Å². The maximum atomic E-state index is 12.4. The Bertz CT molecular complexity index is 1070. The average Bonchev–Trinajstić information content (AvgIpc) is 3.31. The number of esters is 1. The van der Waals surface area contributed by atoms with E-state index in [1.165, 1.54) is 6.08 Å². The highest BCUT2D eigenvalue weighted by atomic mass is 35.5. The summed E-state index contributed by atoms with van der Waals surface area (Å²) in [6.45, 7) is 3.73. The minimum Gasteiger partial charge on any atom is -0.461 e. The van der Waals surface area contributed by atoms with Gasteiger partial charge in [0, 0.05) is 39.6 Å². The smallest absolute Gasteiger partial charge is 0.306 e. The molecule has 1 aliphatic rings. The van der Waals surface area contributed by atoms with Gasteiger partial charge in [-0.05, 0) is 38.2 Å². The van der Waals surface area contributed by atoms with Crippen LogP contribution in [-0.2, 0) is 20.7 Å². The molecule has 4 atom stereocenters. The quantitative estimate of drug-likeness (QED) is 0.199. The van der Waals surface area contributed by atoms with Gasteiger partial charge in [0.05, 0.1) is 17.2 Å². The Morgan fingerprint density at radius 2 is 2.11 bits per heavy atom. The van der Waals surface area contributed by atoms with Gasteiger partial charge >= 0.3 is 5.97 Å². The van der Waals surface area contributed by atoms with Crippen LogP contribution in [0.25, 0.3) is 10.1 Å². The van der Waals surface area contributed by atoms with Crippen molar-refractivity contribution in [1.82, 2.24) is 0 Å². The zero-order chi connectivity index (χ0) is 25.2. The van der Waals surface area contributed by atoms with Gasteiger partial charge in [-0.25, -0.2) is 0 Å². The van der Waals surface area contributed by atoms with Crippen LogP contribution in [0.4, 0.5) is 0 Å². The van der Waals surface area contributed by atoms with Gasteiger partial charge in [-0.3, -0.25) is 9.59 Å². The minimum atomic E-state index is -0.735. The van der Waals surface area contributed by atoms with Gasteiger partial charge in [-0.1, -0.05) is 66.8 Å². The largest absolute Gasteiger partial charge is 0.461 e. The molecule has 1 aromatic heterocycles. The predicted molar refractivity (Wildman–Crippen MR) is 142 cm³/mol. The molecule has 2 aromatic rings. The van der Waals surface area contributed by atoms with Gasteiger partial charge in [0.15, 0.2) is 0 Å². The minimum absolute atomic E-state index is 0.0383. The number of rotatable bonds is 13. The van der Waals surface area contributed by atoms with Crippen molar-refractivity contribution in [2.24, 2.45) is 11.8 Å². The summed E-state index contributed by atoms with van der Waals surface area (Å²) in [5.41, 5.74) is 0. The van der Waals surface area contributed by atoms with E-state index in [0.29, 0.717) is 38.5 Å². The number of aliphatic hydroxyl groups is 2. The molecular weight excluding hydrogens is 484 g/mol. The van der Waals surface area contributed by atoms with Crippen molar-refractivity contribution >= 4 is 44.8 Å². The van der Waals surface area contributed by atoms with Crippen molar-refractivity contribution in [1.29, 1.82) is 0 Å². The highest BCUT2D eigenvalue weighted by Gasteiger charge is 2.39. The van der Waals surface area contributed by atoms with Gasteiger partial charge in [-0.2, -0.15) is 0 Å². The molecule has 1 unspecified atom stereocenters. The number of thiophene rings is 1. The van der Waals surface area contributed by atoms with E-state index in [-0.39, 0.29) is 36.6 Å². The van der Waals surface area contributed by atoms with E-state index in [0.717, 1.165) is 20.0 Å². The molecule has 0 aliphatic heterocycles. The molecule has 1 saturated carbocycles. The lowest BCUT2D eigenvalue weighted by molar-refractivity contribution is -0.142. The topological polar surface area (TPSA) is 83.8 Å². The summed E-state index contributed by atoms with van der Waals surface area (Å²) in [7, 11) is 0. The zero-order valence-corrected chi connectivity index (χ0v) is 21.3. The molecule has 0 spiro atoms. The third-order valence-corrected chi connectivity index (χ3v) is 8.00. The average molecular weight is 517 g/mol. The van der Waals surface area contributed by atoms with E-state index >= 15 is 0 Å². The molecule has 188 valence electrons.